The normalized spacial score (nSPS) is 12.0. The molecule has 0 fully saturated rings. The first kappa shape index (κ1) is 16.2. The Kier molecular flexibility index (Phi) is 5.22. The minimum atomic E-state index is -1.24. The van der Waals surface area contributed by atoms with E-state index in [-0.39, 0.29) is 15.8 Å². The monoisotopic (exact) mass is 364 g/mol. The molecule has 2 aromatic carbocycles. The summed E-state index contributed by atoms with van der Waals surface area (Å²) in [4.78, 5) is 11.4. The highest BCUT2D eigenvalue weighted by Gasteiger charge is 2.23. The van der Waals surface area contributed by atoms with E-state index in [1.807, 2.05) is 0 Å². The Morgan fingerprint density at radius 1 is 0.905 bits per heavy atom. The maximum absolute atomic E-state index is 11.4. The third kappa shape index (κ3) is 3.95. The quantitative estimate of drug-likeness (QED) is 0.777. The predicted molar refractivity (Wildman–Crippen MR) is 83.9 cm³/mol. The van der Waals surface area contributed by atoms with E-state index in [1.165, 1.54) is 36.4 Å². The van der Waals surface area contributed by atoms with Crippen LogP contribution in [0.15, 0.2) is 36.4 Å². The van der Waals surface area contributed by atoms with Crippen molar-refractivity contribution in [3.8, 4) is 5.75 Å². The van der Waals surface area contributed by atoms with Crippen LogP contribution in [0, 0.1) is 0 Å². The fourth-order valence-electron chi connectivity index (χ4n) is 1.62. The van der Waals surface area contributed by atoms with Crippen LogP contribution in [0.25, 0.3) is 0 Å². The molecule has 2 rings (SSSR count). The van der Waals surface area contributed by atoms with Gasteiger partial charge in [-0.3, -0.25) is 0 Å². The second-order valence-corrected chi connectivity index (χ2v) is 5.71. The highest BCUT2D eigenvalue weighted by Crippen LogP contribution is 2.31. The summed E-state index contributed by atoms with van der Waals surface area (Å²) in [6.07, 6.45) is -1.24. The van der Waals surface area contributed by atoms with Gasteiger partial charge >= 0.3 is 5.97 Å². The number of carboxylic acid groups (broad SMARTS) is 1. The third-order valence-electron chi connectivity index (χ3n) is 2.62. The summed E-state index contributed by atoms with van der Waals surface area (Å²) in [5, 5.41) is 10.5. The number of hydrogen-bond donors (Lipinski definition) is 1. The molecule has 1 atom stereocenters. The fourth-order valence-corrected chi connectivity index (χ4v) is 2.22. The van der Waals surface area contributed by atoms with Gasteiger partial charge in [-0.25, -0.2) is 4.79 Å². The van der Waals surface area contributed by atoms with Crippen LogP contribution in [0.1, 0.15) is 11.7 Å². The Morgan fingerprint density at radius 2 is 1.48 bits per heavy atom. The molecule has 1 N–H and O–H groups in total. The second-order valence-electron chi connectivity index (χ2n) is 4.09. The summed E-state index contributed by atoms with van der Waals surface area (Å²) < 4.78 is 5.45. The minimum absolute atomic E-state index is 0.248. The number of carboxylic acids is 1. The van der Waals surface area contributed by atoms with E-state index in [0.29, 0.717) is 15.6 Å². The van der Waals surface area contributed by atoms with Crippen molar-refractivity contribution >= 4 is 52.4 Å². The van der Waals surface area contributed by atoms with Crippen LogP contribution in [0.2, 0.25) is 20.1 Å². The lowest BCUT2D eigenvalue weighted by molar-refractivity contribution is -0.145. The molecule has 3 nitrogen and oxygen atoms in total. The number of rotatable bonds is 4. The molecule has 0 amide bonds. The van der Waals surface area contributed by atoms with Crippen molar-refractivity contribution in [2.75, 3.05) is 0 Å². The molecule has 7 heteroatoms. The van der Waals surface area contributed by atoms with Crippen LogP contribution in [0.4, 0.5) is 0 Å². The molecule has 0 aromatic heterocycles. The highest BCUT2D eigenvalue weighted by atomic mass is 35.5. The fraction of sp³-hybridized carbons (Fsp3) is 0.0714. The molecule has 0 heterocycles. The minimum Gasteiger partial charge on any atom is -0.478 e. The first-order valence-corrected chi connectivity index (χ1v) is 7.19. The lowest BCUT2D eigenvalue weighted by Crippen LogP contribution is -2.18. The summed E-state index contributed by atoms with van der Waals surface area (Å²) in [5.74, 6) is -0.887. The Balaban J connectivity index is 2.32. The Bertz CT molecular complexity index is 688. The average molecular weight is 366 g/mol. The van der Waals surface area contributed by atoms with Crippen molar-refractivity contribution in [1.82, 2.24) is 0 Å². The number of benzene rings is 2. The lowest BCUT2D eigenvalue weighted by Gasteiger charge is -2.16. The third-order valence-corrected chi connectivity index (χ3v) is 4.09. The molecular weight excluding hydrogens is 358 g/mol. The van der Waals surface area contributed by atoms with E-state index in [2.05, 4.69) is 0 Å². The second kappa shape index (κ2) is 6.75. The van der Waals surface area contributed by atoms with Gasteiger partial charge < -0.3 is 9.84 Å². The van der Waals surface area contributed by atoms with Gasteiger partial charge in [0.2, 0.25) is 6.10 Å². The van der Waals surface area contributed by atoms with E-state index < -0.39 is 12.1 Å². The molecule has 0 aliphatic rings. The van der Waals surface area contributed by atoms with Crippen LogP contribution < -0.4 is 4.74 Å². The topological polar surface area (TPSA) is 46.5 Å². The van der Waals surface area contributed by atoms with Gasteiger partial charge in [-0.15, -0.1) is 0 Å². The molecule has 2 aromatic rings. The molecule has 0 spiro atoms. The summed E-state index contributed by atoms with van der Waals surface area (Å²) in [6.45, 7) is 0. The van der Waals surface area contributed by atoms with Crippen LogP contribution in [0.3, 0.4) is 0 Å². The molecule has 0 radical (unpaired) electrons. The predicted octanol–water partition coefficient (Wildman–Crippen LogP) is 5.50. The van der Waals surface area contributed by atoms with Gasteiger partial charge in [0.1, 0.15) is 5.75 Å². The number of carbonyl (C=O) groups is 1. The smallest absolute Gasteiger partial charge is 0.349 e. The summed E-state index contributed by atoms with van der Waals surface area (Å²) >= 11 is 23.4. The Hall–Kier alpha value is -1.13. The van der Waals surface area contributed by atoms with Crippen molar-refractivity contribution in [3.63, 3.8) is 0 Å². The van der Waals surface area contributed by atoms with E-state index in [9.17, 15) is 9.90 Å². The van der Waals surface area contributed by atoms with E-state index >= 15 is 0 Å². The molecule has 1 unspecified atom stereocenters. The molecule has 0 bridgehead atoms. The molecule has 0 saturated heterocycles. The number of aliphatic carboxylic acids is 1. The number of halogens is 4. The Morgan fingerprint density at radius 3 is 2.00 bits per heavy atom. The van der Waals surface area contributed by atoms with E-state index in [1.54, 1.807) is 0 Å². The van der Waals surface area contributed by atoms with Crippen LogP contribution in [-0.2, 0) is 4.79 Å². The van der Waals surface area contributed by atoms with Crippen molar-refractivity contribution in [3.05, 3.63) is 62.1 Å². The maximum atomic E-state index is 11.4. The zero-order valence-electron chi connectivity index (χ0n) is 10.3. The van der Waals surface area contributed by atoms with E-state index in [4.69, 9.17) is 51.1 Å². The van der Waals surface area contributed by atoms with E-state index in [0.717, 1.165) is 0 Å². The zero-order valence-corrected chi connectivity index (χ0v) is 13.3. The van der Waals surface area contributed by atoms with Gasteiger partial charge in [-0.2, -0.15) is 0 Å². The molecule has 21 heavy (non-hydrogen) atoms. The SMILES string of the molecule is O=C(O)C(Oc1ccc(Cl)c(Cl)c1)c1ccc(Cl)c(Cl)c1. The average Bonchev–Trinajstić information content (AvgIpc) is 2.43. The van der Waals surface area contributed by atoms with Crippen molar-refractivity contribution < 1.29 is 14.6 Å². The molecule has 110 valence electrons. The van der Waals surface area contributed by atoms with Gasteiger partial charge in [-0.05, 0) is 24.3 Å². The van der Waals surface area contributed by atoms with Crippen molar-refractivity contribution in [2.45, 2.75) is 6.10 Å². The highest BCUT2D eigenvalue weighted by molar-refractivity contribution is 6.42. The largest absolute Gasteiger partial charge is 0.478 e. The van der Waals surface area contributed by atoms with Gasteiger partial charge in [0.25, 0.3) is 0 Å². The van der Waals surface area contributed by atoms with Crippen LogP contribution in [-0.4, -0.2) is 11.1 Å². The number of ether oxygens (including phenoxy) is 1. The summed E-state index contributed by atoms with van der Waals surface area (Å²) in [5.41, 5.74) is 0.364. The van der Waals surface area contributed by atoms with Crippen molar-refractivity contribution in [1.29, 1.82) is 0 Å². The van der Waals surface area contributed by atoms with Gasteiger partial charge in [0.05, 0.1) is 20.1 Å². The van der Waals surface area contributed by atoms with Crippen molar-refractivity contribution in [2.24, 2.45) is 0 Å². The zero-order chi connectivity index (χ0) is 15.6. The lowest BCUT2D eigenvalue weighted by atomic mass is 10.1. The Labute approximate surface area is 141 Å². The maximum Gasteiger partial charge on any atom is 0.349 e. The van der Waals surface area contributed by atoms with Crippen LogP contribution in [0.5, 0.6) is 5.75 Å². The molecule has 0 saturated carbocycles. The summed E-state index contributed by atoms with van der Waals surface area (Å²) in [7, 11) is 0. The summed E-state index contributed by atoms with van der Waals surface area (Å²) in [6, 6.07) is 8.98. The first-order valence-electron chi connectivity index (χ1n) is 5.68. The molecule has 0 aliphatic carbocycles. The van der Waals surface area contributed by atoms with Gasteiger partial charge in [0.15, 0.2) is 0 Å². The molecule has 0 aliphatic heterocycles. The standard InChI is InChI=1S/C14H8Cl4O3/c15-9-3-1-7(5-11(9)17)13(14(19)20)21-8-2-4-10(16)12(18)6-8/h1-6,13H,(H,19,20). The van der Waals surface area contributed by atoms with Crippen LogP contribution >= 0.6 is 46.4 Å². The number of hydrogen-bond acceptors (Lipinski definition) is 2. The van der Waals surface area contributed by atoms with Gasteiger partial charge in [-0.1, -0.05) is 52.5 Å². The van der Waals surface area contributed by atoms with Gasteiger partial charge in [0, 0.05) is 11.6 Å². The molecular formula is C14H8Cl4O3. The first-order chi connectivity index (χ1) is 9.88.